The predicted octanol–water partition coefficient (Wildman–Crippen LogP) is 4.82. The van der Waals surface area contributed by atoms with Crippen LogP contribution < -0.4 is 0 Å². The first kappa shape index (κ1) is 12.0. The molecule has 2 atom stereocenters. The van der Waals surface area contributed by atoms with Gasteiger partial charge in [-0.25, -0.2) is 0 Å². The lowest BCUT2D eigenvalue weighted by molar-refractivity contribution is 0.549. The third-order valence-electron chi connectivity index (χ3n) is 3.74. The molecule has 1 aromatic carbocycles. The van der Waals surface area contributed by atoms with Gasteiger partial charge in [0.1, 0.15) is 4.49 Å². The van der Waals surface area contributed by atoms with E-state index in [0.29, 0.717) is 21.7 Å². The first-order chi connectivity index (χ1) is 7.51. The molecule has 0 amide bonds. The van der Waals surface area contributed by atoms with E-state index in [2.05, 4.69) is 44.2 Å². The molecule has 0 radical (unpaired) electrons. The van der Waals surface area contributed by atoms with Crippen molar-refractivity contribution in [3.8, 4) is 0 Å². The van der Waals surface area contributed by atoms with Gasteiger partial charge in [-0.1, -0.05) is 73.5 Å². The zero-order valence-corrected chi connectivity index (χ0v) is 11.1. The number of rotatable bonds is 3. The Morgan fingerprint density at radius 1 is 1.25 bits per heavy atom. The van der Waals surface area contributed by atoms with Crippen molar-refractivity contribution in [2.24, 2.45) is 17.3 Å². The molecule has 1 saturated carbocycles. The summed E-state index contributed by atoms with van der Waals surface area (Å²) in [4.78, 5) is 0. The molecule has 1 fully saturated rings. The third-order valence-corrected chi connectivity index (χ3v) is 4.00. The van der Waals surface area contributed by atoms with E-state index in [-0.39, 0.29) is 0 Å². The summed E-state index contributed by atoms with van der Waals surface area (Å²) in [6, 6.07) is 10.6. The Balaban J connectivity index is 2.05. The molecular formula is C14H16Cl2. The zero-order chi connectivity index (χ0) is 11.8. The van der Waals surface area contributed by atoms with Gasteiger partial charge >= 0.3 is 0 Å². The van der Waals surface area contributed by atoms with Crippen LogP contribution in [0.2, 0.25) is 0 Å². The Morgan fingerprint density at radius 2 is 1.88 bits per heavy atom. The smallest absolute Gasteiger partial charge is 0.0712 e. The monoisotopic (exact) mass is 254 g/mol. The maximum absolute atomic E-state index is 5.73. The molecule has 1 aliphatic carbocycles. The lowest BCUT2D eigenvalue weighted by atomic mass is 10.0. The van der Waals surface area contributed by atoms with Crippen molar-refractivity contribution in [1.82, 2.24) is 0 Å². The highest BCUT2D eigenvalue weighted by molar-refractivity contribution is 6.55. The molecule has 16 heavy (non-hydrogen) atoms. The fourth-order valence-corrected chi connectivity index (χ4v) is 2.78. The summed E-state index contributed by atoms with van der Waals surface area (Å²) >= 11 is 11.5. The minimum absolute atomic E-state index is 0.324. The standard InChI is InChI=1S/C14H16Cl2/c1-14(2)11(12(14)9-13(15)16)8-10-6-4-3-5-7-10/h3-7,9,11-12H,8H2,1-2H3. The van der Waals surface area contributed by atoms with E-state index in [9.17, 15) is 0 Å². The summed E-state index contributed by atoms with van der Waals surface area (Å²) in [7, 11) is 0. The first-order valence-corrected chi connectivity index (χ1v) is 6.34. The highest BCUT2D eigenvalue weighted by Crippen LogP contribution is 2.60. The molecule has 1 aromatic rings. The summed E-state index contributed by atoms with van der Waals surface area (Å²) in [5, 5.41) is 0. The van der Waals surface area contributed by atoms with Gasteiger partial charge in [-0.3, -0.25) is 0 Å². The van der Waals surface area contributed by atoms with Crippen LogP contribution >= 0.6 is 23.2 Å². The fourth-order valence-electron chi connectivity index (χ4n) is 2.51. The van der Waals surface area contributed by atoms with E-state index >= 15 is 0 Å². The zero-order valence-electron chi connectivity index (χ0n) is 9.58. The van der Waals surface area contributed by atoms with Gasteiger partial charge < -0.3 is 0 Å². The van der Waals surface area contributed by atoms with Crippen LogP contribution in [0.1, 0.15) is 19.4 Å². The van der Waals surface area contributed by atoms with Crippen LogP contribution in [-0.2, 0) is 6.42 Å². The van der Waals surface area contributed by atoms with E-state index in [0.717, 1.165) is 6.42 Å². The van der Waals surface area contributed by atoms with E-state index in [1.165, 1.54) is 5.56 Å². The molecule has 0 aromatic heterocycles. The molecule has 0 aliphatic heterocycles. The molecule has 2 unspecified atom stereocenters. The summed E-state index contributed by atoms with van der Waals surface area (Å²) < 4.78 is 0.397. The number of benzene rings is 1. The summed E-state index contributed by atoms with van der Waals surface area (Å²) in [6.45, 7) is 4.55. The Hall–Kier alpha value is -0.460. The predicted molar refractivity (Wildman–Crippen MR) is 70.7 cm³/mol. The lowest BCUT2D eigenvalue weighted by Gasteiger charge is -2.02. The number of halogens is 2. The summed E-state index contributed by atoms with van der Waals surface area (Å²) in [5.41, 5.74) is 1.72. The van der Waals surface area contributed by atoms with E-state index < -0.39 is 0 Å². The average Bonchev–Trinajstić information content (AvgIpc) is 2.70. The Labute approximate surface area is 107 Å². The summed E-state index contributed by atoms with van der Waals surface area (Å²) in [6.07, 6.45) is 3.09. The fraction of sp³-hybridized carbons (Fsp3) is 0.429. The van der Waals surface area contributed by atoms with Crippen LogP contribution in [0.3, 0.4) is 0 Å². The molecule has 86 valence electrons. The van der Waals surface area contributed by atoms with Crippen molar-refractivity contribution in [1.29, 1.82) is 0 Å². The average molecular weight is 255 g/mol. The number of allylic oxidation sites excluding steroid dienone is 1. The van der Waals surface area contributed by atoms with Crippen molar-refractivity contribution < 1.29 is 0 Å². The molecule has 0 spiro atoms. The second kappa shape index (κ2) is 4.43. The lowest BCUT2D eigenvalue weighted by Crippen LogP contribution is -1.94. The van der Waals surface area contributed by atoms with Gasteiger partial charge in [0.2, 0.25) is 0 Å². The molecule has 0 nitrogen and oxygen atoms in total. The first-order valence-electron chi connectivity index (χ1n) is 5.58. The van der Waals surface area contributed by atoms with Crippen molar-refractivity contribution >= 4 is 23.2 Å². The maximum atomic E-state index is 5.73. The molecular weight excluding hydrogens is 239 g/mol. The molecule has 0 heterocycles. The van der Waals surface area contributed by atoms with Crippen molar-refractivity contribution in [3.05, 3.63) is 46.5 Å². The minimum Gasteiger partial charge on any atom is -0.0712 e. The van der Waals surface area contributed by atoms with Crippen molar-refractivity contribution in [2.75, 3.05) is 0 Å². The van der Waals surface area contributed by atoms with Crippen LogP contribution in [0, 0.1) is 17.3 Å². The molecule has 0 N–H and O–H groups in total. The third kappa shape index (κ3) is 2.44. The van der Waals surface area contributed by atoms with E-state index in [1.807, 2.05) is 6.08 Å². The van der Waals surface area contributed by atoms with Crippen molar-refractivity contribution in [3.63, 3.8) is 0 Å². The van der Waals surface area contributed by atoms with Gasteiger partial charge in [0.25, 0.3) is 0 Å². The second-order valence-corrected chi connectivity index (χ2v) is 6.11. The maximum Gasteiger partial charge on any atom is 0.103 e. The Morgan fingerprint density at radius 3 is 2.44 bits per heavy atom. The van der Waals surface area contributed by atoms with Crippen LogP contribution in [0.25, 0.3) is 0 Å². The van der Waals surface area contributed by atoms with Crippen molar-refractivity contribution in [2.45, 2.75) is 20.3 Å². The van der Waals surface area contributed by atoms with Crippen LogP contribution in [0.15, 0.2) is 40.9 Å². The Bertz CT molecular complexity index is 388. The molecule has 2 heteroatoms. The summed E-state index contributed by atoms with van der Waals surface area (Å²) in [5.74, 6) is 1.17. The molecule has 1 aliphatic rings. The topological polar surface area (TPSA) is 0 Å². The van der Waals surface area contributed by atoms with E-state index in [1.54, 1.807) is 0 Å². The minimum atomic E-state index is 0.324. The molecule has 0 bridgehead atoms. The van der Waals surface area contributed by atoms with Gasteiger partial charge in [-0.2, -0.15) is 0 Å². The van der Waals surface area contributed by atoms with Gasteiger partial charge in [-0.15, -0.1) is 0 Å². The quantitative estimate of drug-likeness (QED) is 0.726. The normalized spacial score (nSPS) is 26.2. The SMILES string of the molecule is CC1(C)C(C=C(Cl)Cl)C1Cc1ccccc1. The van der Waals surface area contributed by atoms with Crippen LogP contribution in [0.4, 0.5) is 0 Å². The second-order valence-electron chi connectivity index (χ2n) is 5.10. The van der Waals surface area contributed by atoms with Crippen LogP contribution in [0.5, 0.6) is 0 Å². The van der Waals surface area contributed by atoms with Gasteiger partial charge in [0, 0.05) is 0 Å². The van der Waals surface area contributed by atoms with E-state index in [4.69, 9.17) is 23.2 Å². The molecule has 2 rings (SSSR count). The van der Waals surface area contributed by atoms with Gasteiger partial charge in [0.15, 0.2) is 0 Å². The highest BCUT2D eigenvalue weighted by atomic mass is 35.5. The Kier molecular flexibility index (Phi) is 3.32. The number of hydrogen-bond acceptors (Lipinski definition) is 0. The molecule has 0 saturated heterocycles. The number of hydrogen-bond donors (Lipinski definition) is 0. The van der Waals surface area contributed by atoms with Crippen LogP contribution in [-0.4, -0.2) is 0 Å². The van der Waals surface area contributed by atoms with Gasteiger partial charge in [-0.05, 0) is 29.2 Å². The van der Waals surface area contributed by atoms with Gasteiger partial charge in [0.05, 0.1) is 0 Å². The highest BCUT2D eigenvalue weighted by Gasteiger charge is 2.55. The largest absolute Gasteiger partial charge is 0.103 e.